The molecular weight excluding hydrogens is 330 g/mol. The second-order valence-corrected chi connectivity index (χ2v) is 7.37. The van der Waals surface area contributed by atoms with Crippen LogP contribution in [0.15, 0.2) is 42.7 Å². The molecule has 0 atom stereocenters. The Morgan fingerprint density at radius 1 is 1.19 bits per heavy atom. The number of hydrogen-bond acceptors (Lipinski definition) is 3. The second-order valence-electron chi connectivity index (χ2n) is 7.37. The summed E-state index contributed by atoms with van der Waals surface area (Å²) in [5, 5.41) is 7.20. The standard InChI is InChI=1S/C19H21N5O2/c25-17(19(6-7-19)14-4-2-1-3-5-14)22-11-16(12-22)24-13-15(10-21-24)23-9-8-20-18(23)26/h1-5,10,13,16H,6-9,11-12H2,(H,20,26). The number of carbonyl (C=O) groups excluding carboxylic acids is 2. The van der Waals surface area contributed by atoms with E-state index in [1.54, 1.807) is 11.1 Å². The van der Waals surface area contributed by atoms with Gasteiger partial charge in [0.15, 0.2) is 0 Å². The highest BCUT2D eigenvalue weighted by Gasteiger charge is 2.54. The quantitative estimate of drug-likeness (QED) is 0.908. The van der Waals surface area contributed by atoms with Gasteiger partial charge in [-0.2, -0.15) is 5.10 Å². The second kappa shape index (κ2) is 5.59. The molecule has 7 heteroatoms. The smallest absolute Gasteiger partial charge is 0.322 e. The first-order valence-electron chi connectivity index (χ1n) is 9.12. The Morgan fingerprint density at radius 2 is 1.96 bits per heavy atom. The topological polar surface area (TPSA) is 70.5 Å². The number of nitrogens with zero attached hydrogens (tertiary/aromatic N) is 4. The Kier molecular flexibility index (Phi) is 3.32. The summed E-state index contributed by atoms with van der Waals surface area (Å²) in [5.41, 5.74) is 1.65. The zero-order valence-electron chi connectivity index (χ0n) is 14.5. The van der Waals surface area contributed by atoms with E-state index < -0.39 is 0 Å². The summed E-state index contributed by atoms with van der Waals surface area (Å²) in [6.45, 7) is 2.69. The number of anilines is 1. The molecule has 1 aromatic carbocycles. The lowest BCUT2D eigenvalue weighted by Gasteiger charge is -2.41. The van der Waals surface area contributed by atoms with Crippen LogP contribution in [0.5, 0.6) is 0 Å². The molecule has 2 saturated heterocycles. The zero-order chi connectivity index (χ0) is 17.7. The van der Waals surface area contributed by atoms with Gasteiger partial charge in [0, 0.05) is 32.4 Å². The molecule has 5 rings (SSSR count). The van der Waals surface area contributed by atoms with E-state index in [0.29, 0.717) is 26.2 Å². The van der Waals surface area contributed by atoms with E-state index in [4.69, 9.17) is 0 Å². The third-order valence-corrected chi connectivity index (χ3v) is 5.77. The van der Waals surface area contributed by atoms with E-state index in [0.717, 1.165) is 24.1 Å². The molecule has 134 valence electrons. The largest absolute Gasteiger partial charge is 0.337 e. The average molecular weight is 351 g/mol. The number of amides is 3. The molecule has 3 fully saturated rings. The lowest BCUT2D eigenvalue weighted by molar-refractivity contribution is -0.140. The monoisotopic (exact) mass is 351 g/mol. The minimum absolute atomic E-state index is 0.0755. The van der Waals surface area contributed by atoms with E-state index in [1.807, 2.05) is 34.0 Å². The summed E-state index contributed by atoms with van der Waals surface area (Å²) >= 11 is 0. The van der Waals surface area contributed by atoms with Gasteiger partial charge in [0.25, 0.3) is 0 Å². The molecule has 26 heavy (non-hydrogen) atoms. The van der Waals surface area contributed by atoms with Crippen LogP contribution in [-0.2, 0) is 10.2 Å². The van der Waals surface area contributed by atoms with Crippen molar-refractivity contribution in [2.75, 3.05) is 31.1 Å². The number of benzene rings is 1. The Bertz CT molecular complexity index is 852. The van der Waals surface area contributed by atoms with Crippen LogP contribution in [0.2, 0.25) is 0 Å². The number of likely N-dealkylation sites (tertiary alicyclic amines) is 1. The summed E-state index contributed by atoms with van der Waals surface area (Å²) in [7, 11) is 0. The fourth-order valence-electron chi connectivity index (χ4n) is 3.98. The molecule has 3 aliphatic rings. The summed E-state index contributed by atoms with van der Waals surface area (Å²) in [6.07, 6.45) is 5.50. The zero-order valence-corrected chi connectivity index (χ0v) is 14.5. The number of carbonyl (C=O) groups is 2. The Labute approximate surface area is 151 Å². The van der Waals surface area contributed by atoms with Crippen LogP contribution in [0.25, 0.3) is 0 Å². The third kappa shape index (κ3) is 2.30. The lowest BCUT2D eigenvalue weighted by Crippen LogP contribution is -2.54. The predicted molar refractivity (Wildman–Crippen MR) is 95.9 cm³/mol. The van der Waals surface area contributed by atoms with E-state index in [9.17, 15) is 9.59 Å². The first-order chi connectivity index (χ1) is 12.7. The van der Waals surface area contributed by atoms with Gasteiger partial charge in [-0.05, 0) is 18.4 Å². The van der Waals surface area contributed by atoms with E-state index in [-0.39, 0.29) is 23.4 Å². The maximum absolute atomic E-state index is 13.0. The van der Waals surface area contributed by atoms with E-state index in [2.05, 4.69) is 22.5 Å². The molecule has 2 aromatic rings. The van der Waals surface area contributed by atoms with E-state index >= 15 is 0 Å². The minimum Gasteiger partial charge on any atom is -0.337 e. The SMILES string of the molecule is O=C1NCCN1c1cnn(C2CN(C(=O)C3(c4ccccc4)CC3)C2)c1. The van der Waals surface area contributed by atoms with Crippen molar-refractivity contribution in [2.24, 2.45) is 0 Å². The van der Waals surface area contributed by atoms with Crippen molar-refractivity contribution in [3.05, 3.63) is 48.3 Å². The van der Waals surface area contributed by atoms with Crippen molar-refractivity contribution in [1.29, 1.82) is 0 Å². The van der Waals surface area contributed by atoms with Crippen LogP contribution >= 0.6 is 0 Å². The van der Waals surface area contributed by atoms with Crippen molar-refractivity contribution >= 4 is 17.6 Å². The third-order valence-electron chi connectivity index (χ3n) is 5.77. The van der Waals surface area contributed by atoms with Gasteiger partial charge in [-0.1, -0.05) is 30.3 Å². The molecule has 1 N–H and O–H groups in total. The summed E-state index contributed by atoms with van der Waals surface area (Å²) < 4.78 is 1.88. The minimum atomic E-state index is -0.296. The number of rotatable bonds is 4. The molecule has 0 bridgehead atoms. The van der Waals surface area contributed by atoms with Gasteiger partial charge in [-0.25, -0.2) is 4.79 Å². The molecule has 7 nitrogen and oxygen atoms in total. The van der Waals surface area contributed by atoms with Gasteiger partial charge in [-0.3, -0.25) is 14.4 Å². The molecule has 0 radical (unpaired) electrons. The summed E-state index contributed by atoms with van der Waals surface area (Å²) in [5.74, 6) is 0.242. The molecule has 1 aliphatic carbocycles. The molecule has 0 spiro atoms. The average Bonchev–Trinajstić information content (AvgIpc) is 3.12. The molecule has 3 heterocycles. The molecule has 1 saturated carbocycles. The highest BCUT2D eigenvalue weighted by molar-refractivity contribution is 5.94. The van der Waals surface area contributed by atoms with Gasteiger partial charge < -0.3 is 10.2 Å². The summed E-state index contributed by atoms with van der Waals surface area (Å²) in [6, 6.07) is 10.2. The van der Waals surface area contributed by atoms with Crippen molar-refractivity contribution < 1.29 is 9.59 Å². The highest BCUT2D eigenvalue weighted by atomic mass is 16.2. The van der Waals surface area contributed by atoms with E-state index in [1.165, 1.54) is 0 Å². The number of nitrogens with one attached hydrogen (secondary N) is 1. The maximum Gasteiger partial charge on any atom is 0.322 e. The van der Waals surface area contributed by atoms with Crippen LogP contribution in [0.1, 0.15) is 24.4 Å². The molecule has 2 aliphatic heterocycles. The lowest BCUT2D eigenvalue weighted by atomic mass is 9.92. The number of urea groups is 1. The van der Waals surface area contributed by atoms with Gasteiger partial charge in [-0.15, -0.1) is 0 Å². The van der Waals surface area contributed by atoms with Crippen molar-refractivity contribution in [1.82, 2.24) is 20.0 Å². The van der Waals surface area contributed by atoms with Crippen LogP contribution in [0.4, 0.5) is 10.5 Å². The van der Waals surface area contributed by atoms with Gasteiger partial charge in [0.05, 0.1) is 23.3 Å². The predicted octanol–water partition coefficient (Wildman–Crippen LogP) is 1.53. The highest BCUT2D eigenvalue weighted by Crippen LogP contribution is 2.50. The number of hydrogen-bond donors (Lipinski definition) is 1. The molecular formula is C19H21N5O2. The van der Waals surface area contributed by atoms with Crippen LogP contribution in [0, 0.1) is 0 Å². The van der Waals surface area contributed by atoms with Crippen molar-refractivity contribution in [2.45, 2.75) is 24.3 Å². The van der Waals surface area contributed by atoms with Crippen LogP contribution < -0.4 is 10.2 Å². The molecule has 1 aromatic heterocycles. The van der Waals surface area contributed by atoms with Gasteiger partial charge in [0.2, 0.25) is 5.91 Å². The fourth-order valence-corrected chi connectivity index (χ4v) is 3.98. The molecule has 0 unspecified atom stereocenters. The first-order valence-corrected chi connectivity index (χ1v) is 9.12. The van der Waals surface area contributed by atoms with Gasteiger partial charge >= 0.3 is 6.03 Å². The van der Waals surface area contributed by atoms with Crippen LogP contribution in [0.3, 0.4) is 0 Å². The van der Waals surface area contributed by atoms with Crippen molar-refractivity contribution in [3.8, 4) is 0 Å². The fraction of sp³-hybridized carbons (Fsp3) is 0.421. The van der Waals surface area contributed by atoms with Crippen molar-refractivity contribution in [3.63, 3.8) is 0 Å². The first kappa shape index (κ1) is 15.4. The Morgan fingerprint density at radius 3 is 2.62 bits per heavy atom. The van der Waals surface area contributed by atoms with Gasteiger partial charge in [0.1, 0.15) is 0 Å². The summed E-state index contributed by atoms with van der Waals surface area (Å²) in [4.78, 5) is 28.4. The Hall–Kier alpha value is -2.83. The normalized spacial score (nSPS) is 21.5. The molecule has 3 amide bonds. The Balaban J connectivity index is 1.25. The number of aromatic nitrogens is 2. The maximum atomic E-state index is 13.0. The van der Waals surface area contributed by atoms with Crippen LogP contribution in [-0.4, -0.2) is 52.8 Å².